The SMILES string of the molecule is N#Cc1ccc2c(c1)c1ccccc1n2-c1ccc(C2=NC(c3ccccc3)NC(c3ccccc3)=N2)cc1. The summed E-state index contributed by atoms with van der Waals surface area (Å²) in [6.45, 7) is 0. The van der Waals surface area contributed by atoms with Gasteiger partial charge in [-0.2, -0.15) is 5.26 Å². The van der Waals surface area contributed by atoms with Gasteiger partial charge in [-0.05, 0) is 54.1 Å². The van der Waals surface area contributed by atoms with E-state index in [2.05, 4.69) is 76.6 Å². The molecule has 6 aromatic rings. The standard InChI is InChI=1S/C34H23N5/c35-22-23-15-20-31-29(21-23)28-13-7-8-14-30(28)39(31)27-18-16-26(17-19-27)34-37-32(24-9-3-1-4-10-24)36-33(38-34)25-11-5-2-6-12-25/h1-21,32H,(H,36,37,38). The van der Waals surface area contributed by atoms with Crippen LogP contribution in [-0.4, -0.2) is 16.2 Å². The predicted molar refractivity (Wildman–Crippen MR) is 157 cm³/mol. The molecule has 7 rings (SSSR count). The van der Waals surface area contributed by atoms with Gasteiger partial charge < -0.3 is 9.88 Å². The Kier molecular flexibility index (Phi) is 5.50. The quantitative estimate of drug-likeness (QED) is 0.279. The second-order valence-electron chi connectivity index (χ2n) is 9.48. The van der Waals surface area contributed by atoms with Crippen molar-refractivity contribution in [3.05, 3.63) is 150 Å². The first-order chi connectivity index (χ1) is 19.3. The summed E-state index contributed by atoms with van der Waals surface area (Å²) in [6, 6.07) is 45.2. The van der Waals surface area contributed by atoms with Crippen LogP contribution in [0, 0.1) is 11.3 Å². The molecule has 1 aliphatic rings. The number of aromatic nitrogens is 1. The zero-order valence-electron chi connectivity index (χ0n) is 21.0. The molecule has 1 aliphatic heterocycles. The summed E-state index contributed by atoms with van der Waals surface area (Å²) in [6.07, 6.45) is -0.236. The van der Waals surface area contributed by atoms with Gasteiger partial charge in [-0.3, -0.25) is 0 Å². The highest BCUT2D eigenvalue weighted by Gasteiger charge is 2.21. The van der Waals surface area contributed by atoms with Crippen LogP contribution < -0.4 is 5.32 Å². The van der Waals surface area contributed by atoms with Crippen LogP contribution in [0.25, 0.3) is 27.5 Å². The lowest BCUT2D eigenvalue weighted by Crippen LogP contribution is -2.33. The molecular weight excluding hydrogens is 478 g/mol. The monoisotopic (exact) mass is 501 g/mol. The smallest absolute Gasteiger partial charge is 0.159 e. The van der Waals surface area contributed by atoms with E-state index in [4.69, 9.17) is 9.98 Å². The molecule has 1 atom stereocenters. The molecule has 39 heavy (non-hydrogen) atoms. The summed E-state index contributed by atoms with van der Waals surface area (Å²) in [5.74, 6) is 1.49. The summed E-state index contributed by atoms with van der Waals surface area (Å²) in [7, 11) is 0. The third-order valence-electron chi connectivity index (χ3n) is 7.09. The number of hydrogen-bond donors (Lipinski definition) is 1. The molecule has 1 aromatic heterocycles. The van der Waals surface area contributed by atoms with Crippen molar-refractivity contribution in [3.8, 4) is 11.8 Å². The maximum Gasteiger partial charge on any atom is 0.159 e. The fourth-order valence-electron chi connectivity index (χ4n) is 5.21. The van der Waals surface area contributed by atoms with E-state index in [1.54, 1.807) is 0 Å². The molecule has 0 amide bonds. The van der Waals surface area contributed by atoms with E-state index < -0.39 is 0 Å². The van der Waals surface area contributed by atoms with E-state index in [-0.39, 0.29) is 6.17 Å². The second-order valence-corrected chi connectivity index (χ2v) is 9.48. The molecular formula is C34H23N5. The van der Waals surface area contributed by atoms with Crippen molar-refractivity contribution in [1.82, 2.24) is 9.88 Å². The van der Waals surface area contributed by atoms with Crippen molar-refractivity contribution < 1.29 is 0 Å². The van der Waals surface area contributed by atoms with Crippen LogP contribution in [0.4, 0.5) is 0 Å². The average Bonchev–Trinajstić information content (AvgIpc) is 3.35. The fraction of sp³-hybridized carbons (Fsp3) is 0.0294. The molecule has 5 nitrogen and oxygen atoms in total. The zero-order valence-corrected chi connectivity index (χ0v) is 21.0. The molecule has 1 unspecified atom stereocenters. The molecule has 5 heteroatoms. The summed E-state index contributed by atoms with van der Waals surface area (Å²) < 4.78 is 2.24. The maximum atomic E-state index is 9.45. The Balaban J connectivity index is 1.33. The van der Waals surface area contributed by atoms with Crippen molar-refractivity contribution in [1.29, 1.82) is 5.26 Å². The third kappa shape index (κ3) is 4.05. The Morgan fingerprint density at radius 2 is 1.36 bits per heavy atom. The fourth-order valence-corrected chi connectivity index (χ4v) is 5.21. The largest absolute Gasteiger partial charge is 0.344 e. The van der Waals surface area contributed by atoms with E-state index in [9.17, 15) is 5.26 Å². The minimum atomic E-state index is -0.236. The summed E-state index contributed by atoms with van der Waals surface area (Å²) in [5.41, 5.74) is 6.91. The second kappa shape index (κ2) is 9.44. The predicted octanol–water partition coefficient (Wildman–Crippen LogP) is 7.15. The molecule has 0 aliphatic carbocycles. The van der Waals surface area contributed by atoms with E-state index in [1.807, 2.05) is 66.7 Å². The van der Waals surface area contributed by atoms with E-state index >= 15 is 0 Å². The van der Waals surface area contributed by atoms with Gasteiger partial charge in [-0.1, -0.05) is 78.9 Å². The Labute approximate surface area is 226 Å². The summed E-state index contributed by atoms with van der Waals surface area (Å²) in [4.78, 5) is 9.92. The first kappa shape index (κ1) is 22.7. The van der Waals surface area contributed by atoms with Gasteiger partial charge >= 0.3 is 0 Å². The van der Waals surface area contributed by atoms with E-state index in [0.29, 0.717) is 11.4 Å². The summed E-state index contributed by atoms with van der Waals surface area (Å²) >= 11 is 0. The van der Waals surface area contributed by atoms with Crippen molar-refractivity contribution in [2.75, 3.05) is 0 Å². The Hall–Kier alpha value is -5.47. The van der Waals surface area contributed by atoms with Gasteiger partial charge in [0.1, 0.15) is 12.0 Å². The average molecular weight is 502 g/mol. The number of nitrogens with one attached hydrogen (secondary N) is 1. The van der Waals surface area contributed by atoms with Crippen LogP contribution in [0.1, 0.15) is 28.4 Å². The molecule has 0 radical (unpaired) electrons. The number of aliphatic imine (C=N–C) groups is 2. The molecule has 0 bridgehead atoms. The Morgan fingerprint density at radius 1 is 0.667 bits per heavy atom. The first-order valence-corrected chi connectivity index (χ1v) is 12.9. The molecule has 5 aromatic carbocycles. The van der Waals surface area contributed by atoms with Crippen LogP contribution in [0.3, 0.4) is 0 Å². The third-order valence-corrected chi connectivity index (χ3v) is 7.09. The van der Waals surface area contributed by atoms with Crippen molar-refractivity contribution in [2.24, 2.45) is 9.98 Å². The van der Waals surface area contributed by atoms with E-state index in [1.165, 1.54) is 0 Å². The number of fused-ring (bicyclic) bond motifs is 3. The minimum absolute atomic E-state index is 0.236. The molecule has 0 saturated carbocycles. The number of benzene rings is 5. The van der Waals surface area contributed by atoms with Gasteiger partial charge in [-0.25, -0.2) is 9.98 Å². The van der Waals surface area contributed by atoms with Crippen LogP contribution in [0.15, 0.2) is 137 Å². The number of para-hydroxylation sites is 1. The van der Waals surface area contributed by atoms with Gasteiger partial charge in [0.15, 0.2) is 5.84 Å². The highest BCUT2D eigenvalue weighted by Crippen LogP contribution is 2.33. The normalized spacial score (nSPS) is 14.9. The van der Waals surface area contributed by atoms with Gasteiger partial charge in [0.2, 0.25) is 0 Å². The number of amidine groups is 2. The van der Waals surface area contributed by atoms with Crippen molar-refractivity contribution >= 4 is 33.5 Å². The first-order valence-electron chi connectivity index (χ1n) is 12.9. The van der Waals surface area contributed by atoms with Crippen LogP contribution in [0.5, 0.6) is 0 Å². The topological polar surface area (TPSA) is 65.5 Å². The van der Waals surface area contributed by atoms with Crippen LogP contribution in [-0.2, 0) is 0 Å². The van der Waals surface area contributed by atoms with Gasteiger partial charge in [0.05, 0.1) is 22.7 Å². The Morgan fingerprint density at radius 3 is 2.13 bits per heavy atom. The van der Waals surface area contributed by atoms with Crippen molar-refractivity contribution in [2.45, 2.75) is 6.17 Å². The molecule has 0 saturated heterocycles. The molecule has 0 spiro atoms. The lowest BCUT2D eigenvalue weighted by Gasteiger charge is -2.23. The van der Waals surface area contributed by atoms with Crippen molar-refractivity contribution in [3.63, 3.8) is 0 Å². The minimum Gasteiger partial charge on any atom is -0.344 e. The lowest BCUT2D eigenvalue weighted by atomic mass is 10.1. The molecule has 184 valence electrons. The van der Waals surface area contributed by atoms with Gasteiger partial charge in [0, 0.05) is 27.6 Å². The highest BCUT2D eigenvalue weighted by molar-refractivity contribution is 6.13. The maximum absolute atomic E-state index is 9.45. The number of nitriles is 1. The Bertz CT molecular complexity index is 1930. The van der Waals surface area contributed by atoms with E-state index in [0.717, 1.165) is 50.0 Å². The van der Waals surface area contributed by atoms with Gasteiger partial charge in [-0.15, -0.1) is 0 Å². The molecule has 2 heterocycles. The van der Waals surface area contributed by atoms with Crippen LogP contribution >= 0.6 is 0 Å². The summed E-state index contributed by atoms with van der Waals surface area (Å²) in [5, 5.41) is 15.1. The highest BCUT2D eigenvalue weighted by atomic mass is 15.2. The molecule has 1 N–H and O–H groups in total. The number of rotatable bonds is 4. The number of hydrogen-bond acceptors (Lipinski definition) is 4. The van der Waals surface area contributed by atoms with Gasteiger partial charge in [0.25, 0.3) is 0 Å². The lowest BCUT2D eigenvalue weighted by molar-refractivity contribution is 0.674. The molecule has 0 fully saturated rings. The number of nitrogens with zero attached hydrogens (tertiary/aromatic N) is 4. The zero-order chi connectivity index (χ0) is 26.2. The van der Waals surface area contributed by atoms with Crippen LogP contribution in [0.2, 0.25) is 0 Å².